The molecule has 0 atom stereocenters. The highest BCUT2D eigenvalue weighted by Gasteiger charge is 2.22. The quantitative estimate of drug-likeness (QED) is 0.720. The number of nitrogen functional groups attached to an aromatic ring is 1. The van der Waals surface area contributed by atoms with E-state index < -0.39 is 5.60 Å². The molecular formula is C10H12N2O2. The summed E-state index contributed by atoms with van der Waals surface area (Å²) in [6.45, 7) is 3.41. The van der Waals surface area contributed by atoms with E-state index in [9.17, 15) is 5.11 Å². The predicted octanol–water partition coefficient (Wildman–Crippen LogP) is 1.64. The Bertz CT molecular complexity index is 468. The molecule has 0 radical (unpaired) electrons. The number of hydrogen-bond donors (Lipinski definition) is 2. The lowest BCUT2D eigenvalue weighted by Crippen LogP contribution is -2.15. The van der Waals surface area contributed by atoms with E-state index in [1.54, 1.807) is 26.0 Å². The van der Waals surface area contributed by atoms with Crippen LogP contribution in [-0.4, -0.2) is 10.3 Å². The van der Waals surface area contributed by atoms with Crippen molar-refractivity contribution in [2.24, 2.45) is 0 Å². The molecule has 0 aliphatic carbocycles. The van der Waals surface area contributed by atoms with Gasteiger partial charge >= 0.3 is 0 Å². The Hall–Kier alpha value is -1.55. The van der Waals surface area contributed by atoms with Crippen molar-refractivity contribution in [2.75, 3.05) is 5.73 Å². The molecule has 0 aliphatic rings. The van der Waals surface area contributed by atoms with E-state index in [1.165, 1.54) is 0 Å². The number of aliphatic hydroxyl groups is 1. The fourth-order valence-electron chi connectivity index (χ4n) is 1.53. The molecule has 74 valence electrons. The molecule has 1 aromatic carbocycles. The SMILES string of the molecule is CC(C)(O)c1cccc2onc(N)c12. The Balaban J connectivity index is 2.82. The van der Waals surface area contributed by atoms with Crippen molar-refractivity contribution in [1.82, 2.24) is 5.16 Å². The second-order valence-corrected chi connectivity index (χ2v) is 3.81. The van der Waals surface area contributed by atoms with Gasteiger partial charge in [-0.1, -0.05) is 17.3 Å². The first-order chi connectivity index (χ1) is 6.50. The van der Waals surface area contributed by atoms with E-state index in [2.05, 4.69) is 5.16 Å². The Morgan fingerprint density at radius 1 is 1.43 bits per heavy atom. The first-order valence-corrected chi connectivity index (χ1v) is 4.37. The van der Waals surface area contributed by atoms with Crippen LogP contribution in [0, 0.1) is 0 Å². The van der Waals surface area contributed by atoms with Gasteiger partial charge in [-0.25, -0.2) is 0 Å². The molecule has 0 spiro atoms. The summed E-state index contributed by atoms with van der Waals surface area (Å²) in [6.07, 6.45) is 0. The van der Waals surface area contributed by atoms with Crippen molar-refractivity contribution in [1.29, 1.82) is 0 Å². The lowest BCUT2D eigenvalue weighted by Gasteiger charge is -2.18. The molecule has 0 saturated carbocycles. The van der Waals surface area contributed by atoms with Gasteiger partial charge in [0.25, 0.3) is 0 Å². The van der Waals surface area contributed by atoms with Crippen LogP contribution < -0.4 is 5.73 Å². The number of rotatable bonds is 1. The normalized spacial score (nSPS) is 12.2. The molecule has 2 rings (SSSR count). The van der Waals surface area contributed by atoms with Crippen molar-refractivity contribution in [3.8, 4) is 0 Å². The first-order valence-electron chi connectivity index (χ1n) is 4.37. The van der Waals surface area contributed by atoms with Crippen molar-refractivity contribution in [3.05, 3.63) is 23.8 Å². The second kappa shape index (κ2) is 2.72. The molecule has 14 heavy (non-hydrogen) atoms. The van der Waals surface area contributed by atoms with Crippen LogP contribution in [0.25, 0.3) is 11.0 Å². The number of fused-ring (bicyclic) bond motifs is 1. The van der Waals surface area contributed by atoms with E-state index in [1.807, 2.05) is 6.07 Å². The van der Waals surface area contributed by atoms with Crippen molar-refractivity contribution < 1.29 is 9.63 Å². The number of nitrogens with zero attached hydrogens (tertiary/aromatic N) is 1. The lowest BCUT2D eigenvalue weighted by atomic mass is 9.95. The van der Waals surface area contributed by atoms with Gasteiger partial charge in [0, 0.05) is 0 Å². The van der Waals surface area contributed by atoms with E-state index in [0.29, 0.717) is 16.8 Å². The molecule has 4 nitrogen and oxygen atoms in total. The summed E-state index contributed by atoms with van der Waals surface area (Å²) in [5.74, 6) is 0.317. The smallest absolute Gasteiger partial charge is 0.175 e. The minimum Gasteiger partial charge on any atom is -0.386 e. The molecule has 0 bridgehead atoms. The molecular weight excluding hydrogens is 180 g/mol. The van der Waals surface area contributed by atoms with Gasteiger partial charge < -0.3 is 15.4 Å². The third kappa shape index (κ3) is 1.24. The average Bonchev–Trinajstić information content (AvgIpc) is 2.46. The zero-order chi connectivity index (χ0) is 10.3. The number of anilines is 1. The van der Waals surface area contributed by atoms with Crippen molar-refractivity contribution in [3.63, 3.8) is 0 Å². The fourth-order valence-corrected chi connectivity index (χ4v) is 1.53. The van der Waals surface area contributed by atoms with Crippen LogP contribution in [0.5, 0.6) is 0 Å². The molecule has 0 unspecified atom stereocenters. The monoisotopic (exact) mass is 192 g/mol. The van der Waals surface area contributed by atoms with Crippen LogP contribution in [0.3, 0.4) is 0 Å². The molecule has 2 aromatic rings. The maximum Gasteiger partial charge on any atom is 0.175 e. The van der Waals surface area contributed by atoms with E-state index in [4.69, 9.17) is 10.3 Å². The molecule has 1 heterocycles. The van der Waals surface area contributed by atoms with Gasteiger partial charge in [0.1, 0.15) is 0 Å². The first kappa shape index (κ1) is 9.02. The van der Waals surface area contributed by atoms with Crippen molar-refractivity contribution in [2.45, 2.75) is 19.4 Å². The Kier molecular flexibility index (Phi) is 1.75. The zero-order valence-electron chi connectivity index (χ0n) is 8.11. The van der Waals surface area contributed by atoms with E-state index in [0.717, 1.165) is 5.56 Å². The topological polar surface area (TPSA) is 72.3 Å². The van der Waals surface area contributed by atoms with Gasteiger partial charge in [-0.3, -0.25) is 0 Å². The number of benzene rings is 1. The molecule has 3 N–H and O–H groups in total. The second-order valence-electron chi connectivity index (χ2n) is 3.81. The summed E-state index contributed by atoms with van der Waals surface area (Å²) in [6, 6.07) is 5.39. The molecule has 0 aliphatic heterocycles. The molecule has 1 aromatic heterocycles. The highest BCUT2D eigenvalue weighted by Crippen LogP contribution is 2.31. The van der Waals surface area contributed by atoms with Gasteiger partial charge in [0.2, 0.25) is 0 Å². The van der Waals surface area contributed by atoms with Gasteiger partial charge in [0.05, 0.1) is 11.0 Å². The number of nitrogens with two attached hydrogens (primary N) is 1. The van der Waals surface area contributed by atoms with Gasteiger partial charge in [-0.15, -0.1) is 0 Å². The van der Waals surface area contributed by atoms with Crippen molar-refractivity contribution >= 4 is 16.8 Å². The Labute approximate surface area is 81.3 Å². The van der Waals surface area contributed by atoms with Crippen LogP contribution in [0.2, 0.25) is 0 Å². The minimum atomic E-state index is -0.945. The van der Waals surface area contributed by atoms with Crippen LogP contribution in [0.4, 0.5) is 5.82 Å². The van der Waals surface area contributed by atoms with Gasteiger partial charge in [-0.2, -0.15) is 0 Å². The molecule has 0 fully saturated rings. The third-order valence-corrected chi connectivity index (χ3v) is 2.18. The Morgan fingerprint density at radius 2 is 2.14 bits per heavy atom. The summed E-state index contributed by atoms with van der Waals surface area (Å²) in [4.78, 5) is 0. The third-order valence-electron chi connectivity index (χ3n) is 2.18. The summed E-state index contributed by atoms with van der Waals surface area (Å²) in [5.41, 5.74) is 6.04. The van der Waals surface area contributed by atoms with Gasteiger partial charge in [0.15, 0.2) is 11.4 Å². The standard InChI is InChI=1S/C10H12N2O2/c1-10(2,13)6-4-3-5-7-8(6)9(11)12-14-7/h3-5,13H,1-2H3,(H2,11,12). The van der Waals surface area contributed by atoms with Crippen LogP contribution in [0.1, 0.15) is 19.4 Å². The maximum absolute atomic E-state index is 9.90. The summed E-state index contributed by atoms with van der Waals surface area (Å²) >= 11 is 0. The molecule has 0 saturated heterocycles. The largest absolute Gasteiger partial charge is 0.386 e. The predicted molar refractivity (Wildman–Crippen MR) is 53.7 cm³/mol. The van der Waals surface area contributed by atoms with Crippen LogP contribution in [0.15, 0.2) is 22.7 Å². The zero-order valence-corrected chi connectivity index (χ0v) is 8.11. The fraction of sp³-hybridized carbons (Fsp3) is 0.300. The summed E-state index contributed by atoms with van der Waals surface area (Å²) in [5, 5.41) is 14.3. The lowest BCUT2D eigenvalue weighted by molar-refractivity contribution is 0.0802. The Morgan fingerprint density at radius 3 is 2.79 bits per heavy atom. The highest BCUT2D eigenvalue weighted by molar-refractivity contribution is 5.90. The maximum atomic E-state index is 9.90. The minimum absolute atomic E-state index is 0.317. The van der Waals surface area contributed by atoms with E-state index >= 15 is 0 Å². The molecule has 4 heteroatoms. The van der Waals surface area contributed by atoms with Crippen LogP contribution in [-0.2, 0) is 5.60 Å². The van der Waals surface area contributed by atoms with Crippen LogP contribution >= 0.6 is 0 Å². The summed E-state index contributed by atoms with van der Waals surface area (Å²) in [7, 11) is 0. The van der Waals surface area contributed by atoms with Gasteiger partial charge in [-0.05, 0) is 25.5 Å². The number of hydrogen-bond acceptors (Lipinski definition) is 4. The highest BCUT2D eigenvalue weighted by atomic mass is 16.5. The number of aromatic nitrogens is 1. The average molecular weight is 192 g/mol. The molecule has 0 amide bonds. The summed E-state index contributed by atoms with van der Waals surface area (Å²) < 4.78 is 5.00. The van der Waals surface area contributed by atoms with E-state index in [-0.39, 0.29) is 0 Å².